The molecule has 1 aliphatic rings. The Balaban J connectivity index is 2.22. The second-order valence-corrected chi connectivity index (χ2v) is 4.29. The quantitative estimate of drug-likeness (QED) is 0.477. The highest BCUT2D eigenvalue weighted by atomic mass is 16.6. The first kappa shape index (κ1) is 12.9. The summed E-state index contributed by atoms with van der Waals surface area (Å²) in [5.41, 5.74) is 0.574. The fourth-order valence-electron chi connectivity index (χ4n) is 1.63. The third-order valence-electron chi connectivity index (χ3n) is 2.74. The van der Waals surface area contributed by atoms with Gasteiger partial charge in [0, 0.05) is 17.7 Å². The van der Waals surface area contributed by atoms with Gasteiger partial charge in [-0.3, -0.25) is 14.9 Å². The molecule has 2 N–H and O–H groups in total. The number of anilines is 1. The largest absolute Gasteiger partial charge is 0.377 e. The molecule has 1 fully saturated rings. The Kier molecular flexibility index (Phi) is 3.66. The number of hydrogen-bond donors (Lipinski definition) is 2. The number of nitrogens with zero attached hydrogens (tertiary/aromatic N) is 1. The summed E-state index contributed by atoms with van der Waals surface area (Å²) in [6.07, 6.45) is 7.07. The van der Waals surface area contributed by atoms with Gasteiger partial charge in [0.25, 0.3) is 11.6 Å². The molecule has 0 bridgehead atoms. The van der Waals surface area contributed by atoms with E-state index < -0.39 is 10.8 Å². The zero-order valence-corrected chi connectivity index (χ0v) is 10.2. The van der Waals surface area contributed by atoms with Gasteiger partial charge in [0.05, 0.1) is 11.5 Å². The lowest BCUT2D eigenvalue weighted by Gasteiger charge is -2.07. The molecule has 0 radical (unpaired) electrons. The number of nitro benzene ring substituents is 1. The topological polar surface area (TPSA) is 84.3 Å². The van der Waals surface area contributed by atoms with Crippen LogP contribution in [0.1, 0.15) is 23.2 Å². The molecular weight excluding hydrogens is 246 g/mol. The summed E-state index contributed by atoms with van der Waals surface area (Å²) in [6.45, 7) is 0.0920. The van der Waals surface area contributed by atoms with Gasteiger partial charge in [-0.25, -0.2) is 0 Å². The maximum Gasteiger partial charge on any atom is 0.293 e. The van der Waals surface area contributed by atoms with Crippen molar-refractivity contribution in [3.63, 3.8) is 0 Å². The Morgan fingerprint density at radius 1 is 1.53 bits per heavy atom. The Morgan fingerprint density at radius 3 is 2.84 bits per heavy atom. The molecule has 2 rings (SSSR count). The molecule has 1 aromatic rings. The number of benzene rings is 1. The van der Waals surface area contributed by atoms with Crippen LogP contribution in [-0.4, -0.2) is 23.4 Å². The van der Waals surface area contributed by atoms with Gasteiger partial charge in [-0.05, 0) is 25.0 Å². The molecule has 1 saturated carbocycles. The molecule has 0 unspecified atom stereocenters. The van der Waals surface area contributed by atoms with Crippen molar-refractivity contribution in [2.75, 3.05) is 11.9 Å². The van der Waals surface area contributed by atoms with Gasteiger partial charge >= 0.3 is 0 Å². The van der Waals surface area contributed by atoms with E-state index in [4.69, 9.17) is 6.42 Å². The van der Waals surface area contributed by atoms with Crippen molar-refractivity contribution in [2.24, 2.45) is 0 Å². The van der Waals surface area contributed by atoms with Crippen LogP contribution < -0.4 is 10.6 Å². The molecule has 19 heavy (non-hydrogen) atoms. The number of carbonyl (C=O) groups excluding carboxylic acids is 1. The molecule has 0 saturated heterocycles. The van der Waals surface area contributed by atoms with Crippen LogP contribution in [0.15, 0.2) is 18.2 Å². The molecule has 0 aromatic heterocycles. The Bertz CT molecular complexity index is 559. The third-order valence-corrected chi connectivity index (χ3v) is 2.74. The molecule has 1 aromatic carbocycles. The van der Waals surface area contributed by atoms with Crippen LogP contribution in [0.5, 0.6) is 0 Å². The van der Waals surface area contributed by atoms with Crippen molar-refractivity contribution in [3.05, 3.63) is 33.9 Å². The minimum absolute atomic E-state index is 0.0920. The van der Waals surface area contributed by atoms with Gasteiger partial charge in [-0.15, -0.1) is 6.42 Å². The summed E-state index contributed by atoms with van der Waals surface area (Å²) in [4.78, 5) is 22.2. The van der Waals surface area contributed by atoms with Gasteiger partial charge in [0.1, 0.15) is 5.69 Å². The standard InChI is InChI=1S/C13H13N3O3/c1-2-7-14-13(17)9-3-6-11(15-10-4-5-10)12(8-9)16(18)19/h1,3,6,8,10,15H,4-5,7H2,(H,14,17). The smallest absolute Gasteiger partial charge is 0.293 e. The maximum absolute atomic E-state index is 11.7. The lowest BCUT2D eigenvalue weighted by Crippen LogP contribution is -2.23. The van der Waals surface area contributed by atoms with Gasteiger partial charge in [-0.1, -0.05) is 5.92 Å². The number of nitrogens with one attached hydrogen (secondary N) is 2. The summed E-state index contributed by atoms with van der Waals surface area (Å²) < 4.78 is 0. The highest BCUT2D eigenvalue weighted by molar-refractivity contribution is 5.95. The molecule has 0 heterocycles. The van der Waals surface area contributed by atoms with E-state index in [1.807, 2.05) is 0 Å². The monoisotopic (exact) mass is 259 g/mol. The lowest BCUT2D eigenvalue weighted by molar-refractivity contribution is -0.384. The van der Waals surface area contributed by atoms with Crippen molar-refractivity contribution in [1.29, 1.82) is 0 Å². The molecule has 1 aliphatic carbocycles. The molecule has 0 atom stereocenters. The molecule has 0 spiro atoms. The van der Waals surface area contributed by atoms with Crippen molar-refractivity contribution < 1.29 is 9.72 Å². The maximum atomic E-state index is 11.7. The van der Waals surface area contributed by atoms with E-state index in [0.717, 1.165) is 12.8 Å². The average Bonchev–Trinajstić information content (AvgIpc) is 3.20. The molecule has 0 aliphatic heterocycles. The summed E-state index contributed by atoms with van der Waals surface area (Å²) >= 11 is 0. The van der Waals surface area contributed by atoms with E-state index >= 15 is 0 Å². The second-order valence-electron chi connectivity index (χ2n) is 4.29. The normalized spacial score (nSPS) is 13.4. The first-order valence-electron chi connectivity index (χ1n) is 5.88. The van der Waals surface area contributed by atoms with Crippen LogP contribution in [0.2, 0.25) is 0 Å². The van der Waals surface area contributed by atoms with Crippen LogP contribution in [0.3, 0.4) is 0 Å². The van der Waals surface area contributed by atoms with Crippen LogP contribution in [-0.2, 0) is 0 Å². The fraction of sp³-hybridized carbons (Fsp3) is 0.308. The van der Waals surface area contributed by atoms with Crippen LogP contribution in [0.4, 0.5) is 11.4 Å². The molecule has 6 heteroatoms. The first-order valence-corrected chi connectivity index (χ1v) is 5.88. The molecule has 6 nitrogen and oxygen atoms in total. The lowest BCUT2D eigenvalue weighted by atomic mass is 10.1. The highest BCUT2D eigenvalue weighted by Gasteiger charge is 2.25. The number of carbonyl (C=O) groups is 1. The average molecular weight is 259 g/mol. The Labute approximate surface area is 110 Å². The predicted octanol–water partition coefficient (Wildman–Crippen LogP) is 1.53. The van der Waals surface area contributed by atoms with E-state index in [2.05, 4.69) is 16.6 Å². The minimum Gasteiger partial charge on any atom is -0.377 e. The van der Waals surface area contributed by atoms with Crippen molar-refractivity contribution >= 4 is 17.3 Å². The Morgan fingerprint density at radius 2 is 2.26 bits per heavy atom. The van der Waals surface area contributed by atoms with Gasteiger partial charge in [0.2, 0.25) is 0 Å². The number of rotatable bonds is 5. The van der Waals surface area contributed by atoms with Gasteiger partial charge in [-0.2, -0.15) is 0 Å². The van der Waals surface area contributed by atoms with Crippen molar-refractivity contribution in [3.8, 4) is 12.3 Å². The minimum atomic E-state index is -0.497. The summed E-state index contributed by atoms with van der Waals surface area (Å²) in [7, 11) is 0. The van der Waals surface area contributed by atoms with Crippen molar-refractivity contribution in [2.45, 2.75) is 18.9 Å². The van der Waals surface area contributed by atoms with Crippen LogP contribution in [0.25, 0.3) is 0 Å². The second kappa shape index (κ2) is 5.40. The Hall–Kier alpha value is -2.55. The highest BCUT2D eigenvalue weighted by Crippen LogP contribution is 2.31. The van der Waals surface area contributed by atoms with Gasteiger partial charge in [0.15, 0.2) is 0 Å². The first-order chi connectivity index (χ1) is 9.11. The zero-order valence-electron chi connectivity index (χ0n) is 10.2. The van der Waals surface area contributed by atoms with Crippen LogP contribution in [0, 0.1) is 22.5 Å². The van der Waals surface area contributed by atoms with E-state index in [9.17, 15) is 14.9 Å². The SMILES string of the molecule is C#CCNC(=O)c1ccc(NC2CC2)c([N+](=O)[O-])c1. The summed E-state index contributed by atoms with van der Waals surface area (Å²) in [5.74, 6) is 1.86. The van der Waals surface area contributed by atoms with E-state index in [1.54, 1.807) is 12.1 Å². The number of hydrogen-bond acceptors (Lipinski definition) is 4. The fourth-order valence-corrected chi connectivity index (χ4v) is 1.63. The molecular formula is C13H13N3O3. The molecule has 98 valence electrons. The zero-order chi connectivity index (χ0) is 13.8. The van der Waals surface area contributed by atoms with E-state index in [1.165, 1.54) is 6.07 Å². The molecule has 1 amide bonds. The third kappa shape index (κ3) is 3.22. The number of amides is 1. The predicted molar refractivity (Wildman–Crippen MR) is 70.9 cm³/mol. The number of terminal acetylenes is 1. The van der Waals surface area contributed by atoms with E-state index in [0.29, 0.717) is 11.7 Å². The van der Waals surface area contributed by atoms with Crippen molar-refractivity contribution in [1.82, 2.24) is 5.32 Å². The summed E-state index contributed by atoms with van der Waals surface area (Å²) in [5, 5.41) is 16.6. The summed E-state index contributed by atoms with van der Waals surface area (Å²) in [6, 6.07) is 4.67. The van der Waals surface area contributed by atoms with Gasteiger partial charge < -0.3 is 10.6 Å². The van der Waals surface area contributed by atoms with E-state index in [-0.39, 0.29) is 17.8 Å². The number of nitro groups is 1. The van der Waals surface area contributed by atoms with Crippen LogP contribution >= 0.6 is 0 Å².